The highest BCUT2D eigenvalue weighted by Crippen LogP contribution is 2.40. The number of rotatable bonds is 6. The molecule has 9 heteroatoms. The van der Waals surface area contributed by atoms with Gasteiger partial charge in [-0.2, -0.15) is 13.9 Å². The summed E-state index contributed by atoms with van der Waals surface area (Å²) in [5.74, 6) is 0.0599. The Morgan fingerprint density at radius 2 is 1.68 bits per heavy atom. The van der Waals surface area contributed by atoms with Crippen molar-refractivity contribution in [2.45, 2.75) is 44.3 Å². The number of aromatic nitrogens is 4. The van der Waals surface area contributed by atoms with E-state index in [0.29, 0.717) is 36.1 Å². The van der Waals surface area contributed by atoms with Crippen LogP contribution >= 0.6 is 0 Å². The molecule has 6 nitrogen and oxygen atoms in total. The zero-order valence-electron chi connectivity index (χ0n) is 20.7. The van der Waals surface area contributed by atoms with Crippen LogP contribution in [0.1, 0.15) is 38.3 Å². The Balaban J connectivity index is 1.11. The van der Waals surface area contributed by atoms with Crippen LogP contribution in [-0.2, 0) is 0 Å². The topological polar surface area (TPSA) is 50.9 Å². The van der Waals surface area contributed by atoms with Gasteiger partial charge >= 0.3 is 6.55 Å². The molecule has 0 spiro atoms. The van der Waals surface area contributed by atoms with Crippen molar-refractivity contribution in [3.8, 4) is 11.3 Å². The quantitative estimate of drug-likeness (QED) is 0.264. The number of imidazole rings is 1. The summed E-state index contributed by atoms with van der Waals surface area (Å²) in [7, 11) is 0. The fraction of sp³-hybridized carbons (Fsp3) is 0.310. The monoisotopic (exact) mass is 516 g/mol. The number of alkyl halides is 2. The lowest BCUT2D eigenvalue weighted by Crippen LogP contribution is -2.40. The van der Waals surface area contributed by atoms with Crippen LogP contribution in [-0.4, -0.2) is 38.5 Å². The van der Waals surface area contributed by atoms with Gasteiger partial charge in [-0.05, 0) is 68.1 Å². The molecule has 1 saturated heterocycles. The molecule has 1 aliphatic carbocycles. The van der Waals surface area contributed by atoms with Crippen molar-refractivity contribution in [3.63, 3.8) is 0 Å². The molecule has 0 amide bonds. The molecule has 0 unspecified atom stereocenters. The number of nitrogens with zero attached hydrogens (tertiary/aromatic N) is 5. The van der Waals surface area contributed by atoms with E-state index < -0.39 is 6.55 Å². The molecule has 2 aromatic heterocycles. The lowest BCUT2D eigenvalue weighted by Gasteiger charge is -2.33. The van der Waals surface area contributed by atoms with E-state index in [0.717, 1.165) is 58.1 Å². The van der Waals surface area contributed by atoms with Crippen LogP contribution in [0.5, 0.6) is 0 Å². The van der Waals surface area contributed by atoms with Crippen LogP contribution in [0.3, 0.4) is 0 Å². The SMILES string of the molecule is Fc1cccc(-c2nn(C3CC3)c3cc(NC4CCN(c5nc6ccccc6n5C(F)F)CC4)ccc23)c1. The Morgan fingerprint density at radius 1 is 0.868 bits per heavy atom. The Bertz CT molecular complexity index is 1630. The van der Waals surface area contributed by atoms with Crippen LogP contribution in [0.2, 0.25) is 0 Å². The van der Waals surface area contributed by atoms with E-state index in [1.54, 1.807) is 24.3 Å². The number of nitrogens with one attached hydrogen (secondary N) is 1. The molecular weight excluding hydrogens is 489 g/mol. The molecular formula is C29H27F3N6. The number of fused-ring (bicyclic) bond motifs is 2. The molecule has 0 radical (unpaired) electrons. The number of anilines is 2. The zero-order chi connectivity index (χ0) is 25.8. The fourth-order valence-corrected chi connectivity index (χ4v) is 5.58. The lowest BCUT2D eigenvalue weighted by atomic mass is 10.0. The Labute approximate surface area is 217 Å². The summed E-state index contributed by atoms with van der Waals surface area (Å²) in [6.45, 7) is -1.37. The van der Waals surface area contributed by atoms with Crippen molar-refractivity contribution in [2.75, 3.05) is 23.3 Å². The number of halogens is 3. The van der Waals surface area contributed by atoms with Crippen LogP contribution in [0.4, 0.5) is 24.8 Å². The molecule has 38 heavy (non-hydrogen) atoms. The Morgan fingerprint density at radius 3 is 2.45 bits per heavy atom. The largest absolute Gasteiger partial charge is 0.382 e. The number of hydrogen-bond donors (Lipinski definition) is 1. The van der Waals surface area contributed by atoms with Crippen molar-refractivity contribution in [1.82, 2.24) is 19.3 Å². The number of benzene rings is 3. The third kappa shape index (κ3) is 4.06. The van der Waals surface area contributed by atoms with Gasteiger partial charge in [0.05, 0.1) is 22.6 Å². The van der Waals surface area contributed by atoms with Gasteiger partial charge in [0.1, 0.15) is 11.5 Å². The summed E-state index contributed by atoms with van der Waals surface area (Å²) in [5, 5.41) is 9.54. The van der Waals surface area contributed by atoms with Gasteiger partial charge in [-0.3, -0.25) is 9.25 Å². The maximum atomic E-state index is 13.9. The third-order valence-corrected chi connectivity index (χ3v) is 7.62. The first-order valence-corrected chi connectivity index (χ1v) is 13.1. The minimum absolute atomic E-state index is 0.216. The smallest absolute Gasteiger partial charge is 0.321 e. The summed E-state index contributed by atoms with van der Waals surface area (Å²) in [6, 6.07) is 20.5. The Hall–Kier alpha value is -4.01. The van der Waals surface area contributed by atoms with Gasteiger partial charge in [-0.15, -0.1) is 0 Å². The first kappa shape index (κ1) is 23.1. The number of para-hydroxylation sites is 2. The molecule has 194 valence electrons. The maximum absolute atomic E-state index is 13.9. The van der Waals surface area contributed by atoms with Gasteiger partial charge < -0.3 is 10.2 Å². The van der Waals surface area contributed by atoms with Gasteiger partial charge in [-0.1, -0.05) is 24.3 Å². The van der Waals surface area contributed by atoms with Crippen LogP contribution < -0.4 is 10.2 Å². The van der Waals surface area contributed by atoms with E-state index >= 15 is 0 Å². The molecule has 1 N–H and O–H groups in total. The van der Waals surface area contributed by atoms with Gasteiger partial charge in [0.25, 0.3) is 0 Å². The summed E-state index contributed by atoms with van der Waals surface area (Å²) < 4.78 is 44.9. The second kappa shape index (κ2) is 9.08. The standard InChI is InChI=1S/C29H27F3N6/c30-19-5-3-4-18(16-19)27-23-11-8-21(17-26(23)38(35-27)22-9-10-22)33-20-12-14-36(15-13-20)29-34-24-6-1-2-7-25(24)37(29)28(31)32/h1-8,11,16-17,20,22,28,33H,9-10,12-15H2. The molecule has 7 rings (SSSR count). The van der Waals surface area contributed by atoms with E-state index in [2.05, 4.69) is 27.1 Å². The highest BCUT2D eigenvalue weighted by molar-refractivity contribution is 5.95. The van der Waals surface area contributed by atoms with Crippen LogP contribution in [0, 0.1) is 5.82 Å². The molecule has 2 aliphatic rings. The lowest BCUT2D eigenvalue weighted by molar-refractivity contribution is 0.0757. The van der Waals surface area contributed by atoms with E-state index in [-0.39, 0.29) is 11.9 Å². The van der Waals surface area contributed by atoms with Crippen molar-refractivity contribution >= 4 is 33.6 Å². The van der Waals surface area contributed by atoms with Crippen molar-refractivity contribution < 1.29 is 13.2 Å². The molecule has 2 fully saturated rings. The molecule has 3 aromatic carbocycles. The molecule has 0 atom stereocenters. The van der Waals surface area contributed by atoms with E-state index in [1.807, 2.05) is 23.1 Å². The zero-order valence-corrected chi connectivity index (χ0v) is 20.7. The maximum Gasteiger partial charge on any atom is 0.321 e. The fourth-order valence-electron chi connectivity index (χ4n) is 5.58. The second-order valence-electron chi connectivity index (χ2n) is 10.2. The molecule has 1 aliphatic heterocycles. The van der Waals surface area contributed by atoms with Crippen molar-refractivity contribution in [1.29, 1.82) is 0 Å². The normalized spacial score (nSPS) is 16.7. The summed E-state index contributed by atoms with van der Waals surface area (Å²) >= 11 is 0. The highest BCUT2D eigenvalue weighted by atomic mass is 19.3. The van der Waals surface area contributed by atoms with Crippen LogP contribution in [0.25, 0.3) is 33.2 Å². The predicted molar refractivity (Wildman–Crippen MR) is 143 cm³/mol. The number of piperidine rings is 1. The highest BCUT2D eigenvalue weighted by Gasteiger charge is 2.29. The summed E-state index contributed by atoms with van der Waals surface area (Å²) in [6.07, 6.45) is 3.81. The van der Waals surface area contributed by atoms with Crippen molar-refractivity contribution in [2.24, 2.45) is 0 Å². The van der Waals surface area contributed by atoms with E-state index in [9.17, 15) is 13.2 Å². The van der Waals surface area contributed by atoms with Gasteiger partial charge in [-0.25, -0.2) is 9.37 Å². The van der Waals surface area contributed by atoms with Gasteiger partial charge in [0.15, 0.2) is 0 Å². The first-order valence-electron chi connectivity index (χ1n) is 13.1. The van der Waals surface area contributed by atoms with Crippen LogP contribution in [0.15, 0.2) is 66.7 Å². The minimum Gasteiger partial charge on any atom is -0.382 e. The molecule has 0 bridgehead atoms. The van der Waals surface area contributed by atoms with E-state index in [4.69, 9.17) is 5.10 Å². The van der Waals surface area contributed by atoms with Crippen molar-refractivity contribution in [3.05, 3.63) is 72.5 Å². The van der Waals surface area contributed by atoms with E-state index in [1.165, 1.54) is 12.1 Å². The third-order valence-electron chi connectivity index (χ3n) is 7.62. The predicted octanol–water partition coefficient (Wildman–Crippen LogP) is 7.00. The molecule has 1 saturated carbocycles. The van der Waals surface area contributed by atoms with Gasteiger partial charge in [0.2, 0.25) is 5.95 Å². The molecule has 3 heterocycles. The summed E-state index contributed by atoms with van der Waals surface area (Å²) in [5.41, 5.74) is 4.66. The molecule has 5 aromatic rings. The Kier molecular flexibility index (Phi) is 5.52. The van der Waals surface area contributed by atoms with Gasteiger partial charge in [0, 0.05) is 35.8 Å². The summed E-state index contributed by atoms with van der Waals surface area (Å²) in [4.78, 5) is 6.48. The average molecular weight is 517 g/mol. The second-order valence-corrected chi connectivity index (χ2v) is 10.2. The first-order chi connectivity index (χ1) is 18.5. The minimum atomic E-state index is -2.64. The average Bonchev–Trinajstić information content (AvgIpc) is 3.58. The number of hydrogen-bond acceptors (Lipinski definition) is 4.